The average Bonchev–Trinajstić information content (AvgIpc) is 1.90. The van der Waals surface area contributed by atoms with Crippen LogP contribution in [-0.4, -0.2) is 41.9 Å². The largest absolute Gasteiger partial charge is 0.415 e. The van der Waals surface area contributed by atoms with Crippen LogP contribution in [0.2, 0.25) is 0 Å². The summed E-state index contributed by atoms with van der Waals surface area (Å²) >= 11 is 0. The fraction of sp³-hybridized carbons (Fsp3) is 1.00. The molecule has 1 rings (SSSR count). The normalized spacial score (nSPS) is 22.6. The molecule has 1 atom stereocenters. The third-order valence-corrected chi connectivity index (χ3v) is 2.99. The Morgan fingerprint density at radius 2 is 1.73 bits per heavy atom. The van der Waals surface area contributed by atoms with Gasteiger partial charge in [0.05, 0.1) is 0 Å². The lowest BCUT2D eigenvalue weighted by atomic mass is 9.76. The Labute approximate surface area is 88.1 Å². The van der Waals surface area contributed by atoms with E-state index in [1.807, 2.05) is 0 Å². The monoisotopic (exact) mass is 225 g/mol. The topological polar surface area (TPSA) is 23.5 Å². The number of β-amino-alcohol motifs (C(OH)–C–C–N with tert-alkyl or cyclic N) is 1. The molecule has 2 nitrogen and oxygen atoms in total. The van der Waals surface area contributed by atoms with E-state index in [4.69, 9.17) is 5.11 Å². The van der Waals surface area contributed by atoms with Crippen molar-refractivity contribution in [3.05, 3.63) is 0 Å². The molecule has 1 N–H and O–H groups in total. The molecule has 0 saturated carbocycles. The molecule has 5 heteroatoms. The average molecular weight is 225 g/mol. The van der Waals surface area contributed by atoms with Crippen molar-refractivity contribution in [2.24, 2.45) is 11.3 Å². The van der Waals surface area contributed by atoms with Crippen molar-refractivity contribution < 1.29 is 18.3 Å². The van der Waals surface area contributed by atoms with Gasteiger partial charge in [0.2, 0.25) is 0 Å². The fourth-order valence-electron chi connectivity index (χ4n) is 1.61. The predicted octanol–water partition coefficient (Wildman–Crippen LogP) is 1.89. The molecule has 0 aromatic carbocycles. The van der Waals surface area contributed by atoms with E-state index in [1.54, 1.807) is 4.90 Å². The van der Waals surface area contributed by atoms with Crippen molar-refractivity contribution in [2.75, 3.05) is 19.6 Å². The molecule has 1 unspecified atom stereocenters. The van der Waals surface area contributed by atoms with Gasteiger partial charge < -0.3 is 5.11 Å². The zero-order chi connectivity index (χ0) is 11.9. The number of likely N-dealkylation sites (tertiary alicyclic amines) is 1. The molecule has 1 aliphatic heterocycles. The van der Waals surface area contributed by atoms with Gasteiger partial charge in [0.1, 0.15) is 0 Å². The summed E-state index contributed by atoms with van der Waals surface area (Å²) in [7, 11) is 0. The zero-order valence-corrected chi connectivity index (χ0v) is 9.30. The number of nitrogens with zero attached hydrogens (tertiary/aromatic N) is 1. The second kappa shape index (κ2) is 3.94. The lowest BCUT2D eigenvalue weighted by Gasteiger charge is -2.47. The third-order valence-electron chi connectivity index (χ3n) is 2.99. The van der Waals surface area contributed by atoms with Gasteiger partial charge in [-0.25, -0.2) is 0 Å². The van der Waals surface area contributed by atoms with Crippen molar-refractivity contribution in [1.29, 1.82) is 0 Å². The SMILES string of the molecule is CC(C)(C)C1CN(CC(O)C(F)(F)F)C1. The van der Waals surface area contributed by atoms with Crippen LogP contribution in [0.15, 0.2) is 0 Å². The van der Waals surface area contributed by atoms with Crippen molar-refractivity contribution in [2.45, 2.75) is 33.1 Å². The Bertz CT molecular complexity index is 216. The number of aliphatic hydroxyl groups is 1. The second-order valence-electron chi connectivity index (χ2n) is 5.34. The van der Waals surface area contributed by atoms with Gasteiger partial charge in [-0.1, -0.05) is 20.8 Å². The number of aliphatic hydroxyl groups excluding tert-OH is 1. The van der Waals surface area contributed by atoms with E-state index in [0.29, 0.717) is 19.0 Å². The van der Waals surface area contributed by atoms with E-state index >= 15 is 0 Å². The van der Waals surface area contributed by atoms with Crippen molar-refractivity contribution >= 4 is 0 Å². The molecule has 1 aliphatic rings. The summed E-state index contributed by atoms with van der Waals surface area (Å²) in [5.41, 5.74) is 0.139. The van der Waals surface area contributed by atoms with Crippen LogP contribution in [0, 0.1) is 11.3 Å². The number of halogens is 3. The molecular formula is C10H18F3NO. The van der Waals surface area contributed by atoms with Gasteiger partial charge >= 0.3 is 6.18 Å². The summed E-state index contributed by atoms with van der Waals surface area (Å²) in [6.45, 7) is 7.24. The highest BCUT2D eigenvalue weighted by atomic mass is 19.4. The minimum absolute atomic E-state index is 0.139. The van der Waals surface area contributed by atoms with E-state index < -0.39 is 12.3 Å². The van der Waals surface area contributed by atoms with E-state index in [0.717, 1.165) is 0 Å². The van der Waals surface area contributed by atoms with Crippen LogP contribution in [0.5, 0.6) is 0 Å². The Morgan fingerprint density at radius 1 is 1.27 bits per heavy atom. The third kappa shape index (κ3) is 3.34. The summed E-state index contributed by atoms with van der Waals surface area (Å²) in [6.07, 6.45) is -6.70. The van der Waals surface area contributed by atoms with E-state index in [2.05, 4.69) is 20.8 Å². The smallest absolute Gasteiger partial charge is 0.382 e. The molecule has 90 valence electrons. The molecule has 0 aromatic heterocycles. The fourth-order valence-corrected chi connectivity index (χ4v) is 1.61. The summed E-state index contributed by atoms with van der Waals surface area (Å²) in [4.78, 5) is 1.65. The molecule has 0 amide bonds. The van der Waals surface area contributed by atoms with Crippen LogP contribution in [0.1, 0.15) is 20.8 Å². The van der Waals surface area contributed by atoms with E-state index in [1.165, 1.54) is 0 Å². The number of hydrogen-bond donors (Lipinski definition) is 1. The Balaban J connectivity index is 2.29. The zero-order valence-electron chi connectivity index (χ0n) is 9.30. The summed E-state index contributed by atoms with van der Waals surface area (Å²) in [5, 5.41) is 8.84. The molecule has 0 spiro atoms. The highest BCUT2D eigenvalue weighted by Crippen LogP contribution is 2.34. The first kappa shape index (κ1) is 12.8. The maximum absolute atomic E-state index is 12.0. The Morgan fingerprint density at radius 3 is 2.07 bits per heavy atom. The summed E-state index contributed by atoms with van der Waals surface area (Å²) < 4.78 is 36.1. The minimum Gasteiger partial charge on any atom is -0.382 e. The molecule has 0 aliphatic carbocycles. The van der Waals surface area contributed by atoms with Crippen molar-refractivity contribution in [1.82, 2.24) is 4.90 Å². The van der Waals surface area contributed by atoms with Gasteiger partial charge in [0, 0.05) is 19.6 Å². The lowest BCUT2D eigenvalue weighted by Crippen LogP contribution is -2.55. The first-order valence-corrected chi connectivity index (χ1v) is 5.08. The maximum Gasteiger partial charge on any atom is 0.415 e. The van der Waals surface area contributed by atoms with E-state index in [9.17, 15) is 13.2 Å². The number of alkyl halides is 3. The van der Waals surface area contributed by atoms with Gasteiger partial charge in [-0.2, -0.15) is 13.2 Å². The predicted molar refractivity (Wildman–Crippen MR) is 51.4 cm³/mol. The van der Waals surface area contributed by atoms with Gasteiger partial charge in [-0.3, -0.25) is 4.90 Å². The van der Waals surface area contributed by atoms with Crippen LogP contribution in [0.4, 0.5) is 13.2 Å². The van der Waals surface area contributed by atoms with Crippen molar-refractivity contribution in [3.63, 3.8) is 0 Å². The molecule has 1 heterocycles. The molecule has 1 fully saturated rings. The quantitative estimate of drug-likeness (QED) is 0.775. The van der Waals surface area contributed by atoms with Crippen LogP contribution < -0.4 is 0 Å². The second-order valence-corrected chi connectivity index (χ2v) is 5.34. The van der Waals surface area contributed by atoms with Gasteiger partial charge in [0.25, 0.3) is 0 Å². The Hall–Kier alpha value is -0.290. The molecule has 0 radical (unpaired) electrons. The Kier molecular flexibility index (Phi) is 3.36. The summed E-state index contributed by atoms with van der Waals surface area (Å²) in [5.74, 6) is 0.429. The molecule has 0 bridgehead atoms. The standard InChI is InChI=1S/C10H18F3NO/c1-9(2,3)7-4-14(5-7)6-8(15)10(11,12)13/h7-8,15H,4-6H2,1-3H3. The highest BCUT2D eigenvalue weighted by molar-refractivity contribution is 4.89. The number of rotatable bonds is 2. The van der Waals surface area contributed by atoms with Crippen LogP contribution in [0.25, 0.3) is 0 Å². The van der Waals surface area contributed by atoms with E-state index in [-0.39, 0.29) is 12.0 Å². The summed E-state index contributed by atoms with van der Waals surface area (Å²) in [6, 6.07) is 0. The first-order valence-electron chi connectivity index (χ1n) is 5.08. The maximum atomic E-state index is 12.0. The molecular weight excluding hydrogens is 207 g/mol. The van der Waals surface area contributed by atoms with Crippen molar-refractivity contribution in [3.8, 4) is 0 Å². The van der Waals surface area contributed by atoms with Crippen LogP contribution >= 0.6 is 0 Å². The highest BCUT2D eigenvalue weighted by Gasteiger charge is 2.43. The van der Waals surface area contributed by atoms with Gasteiger partial charge in [-0.15, -0.1) is 0 Å². The molecule has 15 heavy (non-hydrogen) atoms. The van der Waals surface area contributed by atoms with Crippen LogP contribution in [-0.2, 0) is 0 Å². The van der Waals surface area contributed by atoms with Crippen LogP contribution in [0.3, 0.4) is 0 Å². The number of hydrogen-bond acceptors (Lipinski definition) is 2. The minimum atomic E-state index is -4.49. The van der Waals surface area contributed by atoms with Gasteiger partial charge in [0.15, 0.2) is 6.10 Å². The lowest BCUT2D eigenvalue weighted by molar-refractivity contribution is -0.212. The molecule has 0 aromatic rings. The van der Waals surface area contributed by atoms with Gasteiger partial charge in [-0.05, 0) is 11.3 Å². The first-order chi connectivity index (χ1) is 6.60. The molecule has 1 saturated heterocycles.